The summed E-state index contributed by atoms with van der Waals surface area (Å²) in [5.41, 5.74) is 1.97. The lowest BCUT2D eigenvalue weighted by Crippen LogP contribution is -2.21. The van der Waals surface area contributed by atoms with Crippen LogP contribution < -0.4 is 5.69 Å². The Kier molecular flexibility index (Phi) is 2.44. The van der Waals surface area contributed by atoms with Gasteiger partial charge in [0.1, 0.15) is 0 Å². The maximum Gasteiger partial charge on any atom is 0.329 e. The number of imidazole rings is 1. The Morgan fingerprint density at radius 3 is 2.67 bits per heavy atom. The molecule has 0 aliphatic carbocycles. The van der Waals surface area contributed by atoms with Crippen molar-refractivity contribution in [3.05, 3.63) is 58.8 Å². The van der Waals surface area contributed by atoms with Crippen molar-refractivity contribution in [1.82, 2.24) is 19.5 Å². The van der Waals surface area contributed by atoms with Gasteiger partial charge >= 0.3 is 5.69 Å². The van der Waals surface area contributed by atoms with Crippen molar-refractivity contribution >= 4 is 11.3 Å². The molecule has 1 N–H and O–H groups in total. The Morgan fingerprint density at radius 1 is 1.17 bits per heavy atom. The third-order valence-corrected chi connectivity index (χ3v) is 3.02. The molecule has 0 saturated carbocycles. The second kappa shape index (κ2) is 4.10. The molecule has 0 amide bonds. The predicted molar refractivity (Wildman–Crippen MR) is 68.4 cm³/mol. The number of aromatic nitrogens is 4. The minimum atomic E-state index is -0.187. The topological polar surface area (TPSA) is 63.6 Å². The number of nitrogens with one attached hydrogen (secondary N) is 1. The number of fused-ring (bicyclic) bond motifs is 1. The van der Waals surface area contributed by atoms with Crippen LogP contribution in [0.25, 0.3) is 11.3 Å². The van der Waals surface area contributed by atoms with E-state index in [9.17, 15) is 4.79 Å². The highest BCUT2D eigenvalue weighted by molar-refractivity contribution is 5.65. The summed E-state index contributed by atoms with van der Waals surface area (Å²) in [5, 5.41) is 0. The lowest BCUT2D eigenvalue weighted by atomic mass is 10.1. The average molecular weight is 240 g/mol. The first-order chi connectivity index (χ1) is 8.77. The Hall–Kier alpha value is -2.43. The molecule has 0 spiro atoms. The first-order valence-corrected chi connectivity index (χ1v) is 5.73. The van der Waals surface area contributed by atoms with Crippen LogP contribution in [0.2, 0.25) is 0 Å². The molecular formula is C13H12N4O. The highest BCUT2D eigenvalue weighted by Gasteiger charge is 2.15. The van der Waals surface area contributed by atoms with E-state index in [0.29, 0.717) is 11.3 Å². The van der Waals surface area contributed by atoms with Crippen molar-refractivity contribution in [3.63, 3.8) is 0 Å². The summed E-state index contributed by atoms with van der Waals surface area (Å²) in [6.07, 6.45) is 3.15. The van der Waals surface area contributed by atoms with Gasteiger partial charge in [-0.25, -0.2) is 14.8 Å². The van der Waals surface area contributed by atoms with E-state index in [0.717, 1.165) is 5.56 Å². The van der Waals surface area contributed by atoms with E-state index < -0.39 is 0 Å². The van der Waals surface area contributed by atoms with Gasteiger partial charge < -0.3 is 0 Å². The molecule has 1 aromatic carbocycles. The van der Waals surface area contributed by atoms with Crippen LogP contribution in [0.4, 0.5) is 0 Å². The zero-order valence-corrected chi connectivity index (χ0v) is 9.87. The maximum absolute atomic E-state index is 12.0. The molecule has 0 saturated heterocycles. The lowest BCUT2D eigenvalue weighted by molar-refractivity contribution is 0.630. The Bertz CT molecular complexity index is 729. The van der Waals surface area contributed by atoms with E-state index in [-0.39, 0.29) is 11.7 Å². The fourth-order valence-corrected chi connectivity index (χ4v) is 2.09. The minimum absolute atomic E-state index is 0.0795. The SMILES string of the molecule is C[C@@H](c1ccccc1)n1c(=O)[nH]c2nccnc21. The monoisotopic (exact) mass is 240 g/mol. The van der Waals surface area contributed by atoms with Gasteiger partial charge in [0, 0.05) is 12.4 Å². The number of hydrogen-bond donors (Lipinski definition) is 1. The fourth-order valence-electron chi connectivity index (χ4n) is 2.09. The molecule has 18 heavy (non-hydrogen) atoms. The molecule has 90 valence electrons. The molecule has 0 fully saturated rings. The zero-order chi connectivity index (χ0) is 12.5. The molecule has 5 nitrogen and oxygen atoms in total. The molecule has 3 rings (SSSR count). The molecule has 0 unspecified atom stereocenters. The predicted octanol–water partition coefficient (Wildman–Crippen LogP) is 1.73. The number of hydrogen-bond acceptors (Lipinski definition) is 3. The Balaban J connectivity index is 2.20. The summed E-state index contributed by atoms with van der Waals surface area (Å²) >= 11 is 0. The number of aromatic amines is 1. The van der Waals surface area contributed by atoms with Gasteiger partial charge in [0.05, 0.1) is 6.04 Å². The second-order valence-corrected chi connectivity index (χ2v) is 4.12. The van der Waals surface area contributed by atoms with E-state index in [1.807, 2.05) is 37.3 Å². The Morgan fingerprint density at radius 2 is 1.89 bits per heavy atom. The molecule has 0 aliphatic heterocycles. The van der Waals surface area contributed by atoms with Gasteiger partial charge in [0.15, 0.2) is 11.3 Å². The van der Waals surface area contributed by atoms with Crippen molar-refractivity contribution in [1.29, 1.82) is 0 Å². The third-order valence-electron chi connectivity index (χ3n) is 3.02. The molecule has 3 aromatic rings. The van der Waals surface area contributed by atoms with Crippen LogP contribution in [0.3, 0.4) is 0 Å². The minimum Gasteiger partial charge on any atom is -0.289 e. The van der Waals surface area contributed by atoms with E-state index in [4.69, 9.17) is 0 Å². The van der Waals surface area contributed by atoms with E-state index in [2.05, 4.69) is 15.0 Å². The number of H-pyrrole nitrogens is 1. The van der Waals surface area contributed by atoms with E-state index >= 15 is 0 Å². The quantitative estimate of drug-likeness (QED) is 0.742. The van der Waals surface area contributed by atoms with Crippen molar-refractivity contribution in [2.45, 2.75) is 13.0 Å². The van der Waals surface area contributed by atoms with Crippen LogP contribution >= 0.6 is 0 Å². The summed E-state index contributed by atoms with van der Waals surface area (Å²) in [5.74, 6) is 0. The summed E-state index contributed by atoms with van der Waals surface area (Å²) in [7, 11) is 0. The van der Waals surface area contributed by atoms with Crippen molar-refractivity contribution in [2.24, 2.45) is 0 Å². The second-order valence-electron chi connectivity index (χ2n) is 4.12. The molecule has 2 heterocycles. The van der Waals surface area contributed by atoms with Crippen LogP contribution in [0.1, 0.15) is 18.5 Å². The van der Waals surface area contributed by atoms with Crippen LogP contribution in [-0.2, 0) is 0 Å². The first kappa shape index (κ1) is 10.7. The molecule has 0 aliphatic rings. The zero-order valence-electron chi connectivity index (χ0n) is 9.87. The first-order valence-electron chi connectivity index (χ1n) is 5.73. The van der Waals surface area contributed by atoms with E-state index in [1.54, 1.807) is 17.0 Å². The molecular weight excluding hydrogens is 228 g/mol. The number of nitrogens with zero attached hydrogens (tertiary/aromatic N) is 3. The lowest BCUT2D eigenvalue weighted by Gasteiger charge is -2.12. The normalized spacial score (nSPS) is 12.7. The highest BCUT2D eigenvalue weighted by atomic mass is 16.1. The smallest absolute Gasteiger partial charge is 0.289 e. The highest BCUT2D eigenvalue weighted by Crippen LogP contribution is 2.18. The average Bonchev–Trinajstić information content (AvgIpc) is 2.75. The largest absolute Gasteiger partial charge is 0.329 e. The summed E-state index contributed by atoms with van der Waals surface area (Å²) < 4.78 is 1.62. The number of rotatable bonds is 2. The molecule has 2 aromatic heterocycles. The van der Waals surface area contributed by atoms with Crippen molar-refractivity contribution in [3.8, 4) is 0 Å². The van der Waals surface area contributed by atoms with Crippen LogP contribution in [0, 0.1) is 0 Å². The van der Waals surface area contributed by atoms with Crippen molar-refractivity contribution < 1.29 is 0 Å². The molecule has 5 heteroatoms. The van der Waals surface area contributed by atoms with Crippen molar-refractivity contribution in [2.75, 3.05) is 0 Å². The van der Waals surface area contributed by atoms with E-state index in [1.165, 1.54) is 0 Å². The summed E-state index contributed by atoms with van der Waals surface area (Å²) in [4.78, 5) is 23.0. The Labute approximate surface area is 103 Å². The molecule has 0 radical (unpaired) electrons. The van der Waals surface area contributed by atoms with Crippen LogP contribution in [0.5, 0.6) is 0 Å². The van der Waals surface area contributed by atoms with Crippen LogP contribution in [0.15, 0.2) is 47.5 Å². The van der Waals surface area contributed by atoms with Crippen LogP contribution in [-0.4, -0.2) is 19.5 Å². The van der Waals surface area contributed by atoms with Gasteiger partial charge in [0.25, 0.3) is 0 Å². The van der Waals surface area contributed by atoms with Gasteiger partial charge in [-0.1, -0.05) is 30.3 Å². The van der Waals surface area contributed by atoms with Gasteiger partial charge in [-0.05, 0) is 12.5 Å². The molecule has 0 bridgehead atoms. The summed E-state index contributed by atoms with van der Waals surface area (Å²) in [6, 6.07) is 9.77. The van der Waals surface area contributed by atoms with Gasteiger partial charge in [0.2, 0.25) is 0 Å². The fraction of sp³-hybridized carbons (Fsp3) is 0.154. The maximum atomic E-state index is 12.0. The summed E-state index contributed by atoms with van der Waals surface area (Å²) in [6.45, 7) is 1.97. The van der Waals surface area contributed by atoms with Gasteiger partial charge in [-0.3, -0.25) is 9.55 Å². The number of benzene rings is 1. The van der Waals surface area contributed by atoms with Gasteiger partial charge in [-0.15, -0.1) is 0 Å². The molecule has 1 atom stereocenters. The van der Waals surface area contributed by atoms with Gasteiger partial charge in [-0.2, -0.15) is 0 Å². The standard InChI is InChI=1S/C13H12N4O/c1-9(10-5-3-2-4-6-10)17-12-11(16-13(17)18)14-7-8-15-12/h2-9H,1H3,(H,14,16,18)/t9-/m0/s1. The third kappa shape index (κ3) is 1.60.